The van der Waals surface area contributed by atoms with Gasteiger partial charge in [0.05, 0.1) is 12.5 Å². The third kappa shape index (κ3) is 4.33. The minimum Gasteiger partial charge on any atom is -0.494 e. The molecule has 0 aromatic heterocycles. The highest BCUT2D eigenvalue weighted by Crippen LogP contribution is 2.29. The van der Waals surface area contributed by atoms with Gasteiger partial charge in [0.25, 0.3) is 0 Å². The predicted molar refractivity (Wildman–Crippen MR) is 110 cm³/mol. The molecule has 1 fully saturated rings. The lowest BCUT2D eigenvalue weighted by atomic mass is 10.1. The molecule has 0 bridgehead atoms. The van der Waals surface area contributed by atoms with Gasteiger partial charge in [0.15, 0.2) is 0 Å². The normalized spacial score (nSPS) is 16.5. The number of amides is 2. The summed E-state index contributed by atoms with van der Waals surface area (Å²) in [6.07, 6.45) is 0.216. The van der Waals surface area contributed by atoms with Crippen molar-refractivity contribution >= 4 is 39.1 Å². The monoisotopic (exact) mass is 430 g/mol. The van der Waals surface area contributed by atoms with E-state index in [2.05, 4.69) is 21.2 Å². The van der Waals surface area contributed by atoms with Crippen LogP contribution in [0.5, 0.6) is 5.75 Å². The summed E-state index contributed by atoms with van der Waals surface area (Å²) < 4.78 is 6.42. The van der Waals surface area contributed by atoms with Gasteiger partial charge in [-0.25, -0.2) is 0 Å². The molecule has 2 aromatic carbocycles. The van der Waals surface area contributed by atoms with Gasteiger partial charge in [-0.05, 0) is 68.3 Å². The number of carbonyl (C=O) groups excluding carboxylic acids is 2. The maximum atomic E-state index is 12.7. The number of aryl methyl sites for hydroxylation is 2. The van der Waals surface area contributed by atoms with Crippen LogP contribution in [0.25, 0.3) is 0 Å². The number of nitrogens with one attached hydrogen (secondary N) is 1. The average Bonchev–Trinajstić information content (AvgIpc) is 3.01. The molecule has 2 aromatic rings. The number of carbonyl (C=O) groups is 2. The average molecular weight is 431 g/mol. The lowest BCUT2D eigenvalue weighted by Gasteiger charge is -2.18. The highest BCUT2D eigenvalue weighted by Gasteiger charge is 2.35. The minimum atomic E-state index is -0.369. The van der Waals surface area contributed by atoms with Gasteiger partial charge in [-0.15, -0.1) is 0 Å². The first kappa shape index (κ1) is 19.4. The molecule has 0 aliphatic carbocycles. The number of benzene rings is 2. The lowest BCUT2D eigenvalue weighted by molar-refractivity contribution is -0.122. The summed E-state index contributed by atoms with van der Waals surface area (Å²) in [5.74, 6) is 0.240. The molecular formula is C21H23BrN2O3. The second-order valence-corrected chi connectivity index (χ2v) is 7.65. The third-order valence-corrected chi connectivity index (χ3v) is 5.16. The van der Waals surface area contributed by atoms with E-state index in [-0.39, 0.29) is 24.2 Å². The predicted octanol–water partition coefficient (Wildman–Crippen LogP) is 4.46. The second kappa shape index (κ2) is 8.13. The number of hydrogen-bond donors (Lipinski definition) is 1. The Kier molecular flexibility index (Phi) is 5.85. The highest BCUT2D eigenvalue weighted by molar-refractivity contribution is 9.10. The largest absolute Gasteiger partial charge is 0.494 e. The summed E-state index contributed by atoms with van der Waals surface area (Å²) in [5, 5.41) is 3.01. The van der Waals surface area contributed by atoms with Crippen LogP contribution in [0.3, 0.4) is 0 Å². The maximum absolute atomic E-state index is 12.7. The number of hydrogen-bond acceptors (Lipinski definition) is 3. The SMILES string of the molecule is CCOc1ccc(N2CC(C(=O)Nc3c(C)cc(Br)cc3C)CC2=O)cc1. The Morgan fingerprint density at radius 2 is 1.85 bits per heavy atom. The van der Waals surface area contributed by atoms with Crippen molar-refractivity contribution in [1.29, 1.82) is 0 Å². The van der Waals surface area contributed by atoms with Gasteiger partial charge in [0.1, 0.15) is 5.75 Å². The first-order chi connectivity index (χ1) is 12.9. The molecule has 0 radical (unpaired) electrons. The zero-order chi connectivity index (χ0) is 19.6. The number of rotatable bonds is 5. The Balaban J connectivity index is 1.70. The standard InChI is InChI=1S/C21H23BrN2O3/c1-4-27-18-7-5-17(6-8-18)24-12-15(11-19(24)25)21(26)23-20-13(2)9-16(22)10-14(20)3/h5-10,15H,4,11-12H2,1-3H3,(H,23,26). The van der Waals surface area contributed by atoms with Crippen LogP contribution < -0.4 is 15.0 Å². The zero-order valence-electron chi connectivity index (χ0n) is 15.7. The first-order valence-corrected chi connectivity index (χ1v) is 9.79. The van der Waals surface area contributed by atoms with E-state index in [4.69, 9.17) is 4.74 Å². The molecule has 1 atom stereocenters. The summed E-state index contributed by atoms with van der Waals surface area (Å²) in [4.78, 5) is 26.9. The van der Waals surface area contributed by atoms with Crippen molar-refractivity contribution < 1.29 is 14.3 Å². The summed E-state index contributed by atoms with van der Waals surface area (Å²) >= 11 is 3.46. The van der Waals surface area contributed by atoms with E-state index >= 15 is 0 Å². The number of ether oxygens (including phenoxy) is 1. The van der Waals surface area contributed by atoms with Crippen molar-refractivity contribution in [3.8, 4) is 5.75 Å². The molecule has 0 spiro atoms. The van der Waals surface area contributed by atoms with Crippen LogP contribution in [0.15, 0.2) is 40.9 Å². The quantitative estimate of drug-likeness (QED) is 0.761. The van der Waals surface area contributed by atoms with Crippen molar-refractivity contribution in [2.24, 2.45) is 5.92 Å². The zero-order valence-corrected chi connectivity index (χ0v) is 17.3. The molecule has 1 aliphatic heterocycles. The van der Waals surface area contributed by atoms with Crippen LogP contribution in [0, 0.1) is 19.8 Å². The Morgan fingerprint density at radius 1 is 1.22 bits per heavy atom. The van der Waals surface area contributed by atoms with Crippen LogP contribution in [0.2, 0.25) is 0 Å². The summed E-state index contributed by atoms with van der Waals surface area (Å²) in [5.41, 5.74) is 3.58. The molecule has 1 saturated heterocycles. The van der Waals surface area contributed by atoms with E-state index in [9.17, 15) is 9.59 Å². The van der Waals surface area contributed by atoms with Gasteiger partial charge in [0, 0.05) is 28.8 Å². The first-order valence-electron chi connectivity index (χ1n) is 9.00. The smallest absolute Gasteiger partial charge is 0.229 e. The molecule has 1 N–H and O–H groups in total. The number of anilines is 2. The second-order valence-electron chi connectivity index (χ2n) is 6.74. The molecule has 5 nitrogen and oxygen atoms in total. The lowest BCUT2D eigenvalue weighted by Crippen LogP contribution is -2.28. The van der Waals surface area contributed by atoms with Gasteiger partial charge < -0.3 is 15.0 Å². The van der Waals surface area contributed by atoms with Gasteiger partial charge in [-0.1, -0.05) is 15.9 Å². The fourth-order valence-corrected chi connectivity index (χ4v) is 4.04. The molecule has 142 valence electrons. The van der Waals surface area contributed by atoms with E-state index < -0.39 is 0 Å². The van der Waals surface area contributed by atoms with Crippen molar-refractivity contribution in [1.82, 2.24) is 0 Å². The molecule has 3 rings (SSSR count). The van der Waals surface area contributed by atoms with Crippen LogP contribution >= 0.6 is 15.9 Å². The Bertz CT molecular complexity index is 841. The molecule has 0 saturated carbocycles. The van der Waals surface area contributed by atoms with E-state index in [1.807, 2.05) is 57.2 Å². The summed E-state index contributed by atoms with van der Waals surface area (Å²) in [6, 6.07) is 11.3. The number of nitrogens with zero attached hydrogens (tertiary/aromatic N) is 1. The molecule has 2 amide bonds. The van der Waals surface area contributed by atoms with E-state index in [0.717, 1.165) is 32.7 Å². The molecular weight excluding hydrogens is 408 g/mol. The molecule has 1 unspecified atom stereocenters. The fraction of sp³-hybridized carbons (Fsp3) is 0.333. The van der Waals surface area contributed by atoms with E-state index in [1.54, 1.807) is 4.90 Å². The topological polar surface area (TPSA) is 58.6 Å². The van der Waals surface area contributed by atoms with Crippen molar-refractivity contribution in [3.63, 3.8) is 0 Å². The van der Waals surface area contributed by atoms with Gasteiger partial charge in [-0.3, -0.25) is 9.59 Å². The Hall–Kier alpha value is -2.34. The third-order valence-electron chi connectivity index (χ3n) is 4.70. The van der Waals surface area contributed by atoms with Gasteiger partial charge in [-0.2, -0.15) is 0 Å². The van der Waals surface area contributed by atoms with Crippen molar-refractivity contribution in [2.45, 2.75) is 27.2 Å². The van der Waals surface area contributed by atoms with Crippen LogP contribution in [0.4, 0.5) is 11.4 Å². The van der Waals surface area contributed by atoms with Crippen LogP contribution in [0.1, 0.15) is 24.5 Å². The van der Waals surface area contributed by atoms with Gasteiger partial charge >= 0.3 is 0 Å². The molecule has 1 heterocycles. The van der Waals surface area contributed by atoms with Crippen molar-refractivity contribution in [3.05, 3.63) is 52.0 Å². The maximum Gasteiger partial charge on any atom is 0.229 e. The number of halogens is 1. The summed E-state index contributed by atoms with van der Waals surface area (Å²) in [7, 11) is 0. The Morgan fingerprint density at radius 3 is 2.44 bits per heavy atom. The van der Waals surface area contributed by atoms with Crippen LogP contribution in [-0.2, 0) is 9.59 Å². The molecule has 1 aliphatic rings. The highest BCUT2D eigenvalue weighted by atomic mass is 79.9. The fourth-order valence-electron chi connectivity index (χ4n) is 3.35. The van der Waals surface area contributed by atoms with Gasteiger partial charge in [0.2, 0.25) is 11.8 Å². The van der Waals surface area contributed by atoms with Crippen molar-refractivity contribution in [2.75, 3.05) is 23.4 Å². The van der Waals surface area contributed by atoms with E-state index in [1.165, 1.54) is 0 Å². The van der Waals surface area contributed by atoms with Crippen LogP contribution in [-0.4, -0.2) is 25.0 Å². The summed E-state index contributed by atoms with van der Waals surface area (Å²) in [6.45, 7) is 6.82. The minimum absolute atomic E-state index is 0.0384. The molecule has 27 heavy (non-hydrogen) atoms. The molecule has 6 heteroatoms. The Labute approximate surface area is 167 Å². The van der Waals surface area contributed by atoms with E-state index in [0.29, 0.717) is 13.2 Å².